The Hall–Kier alpha value is -4.39. The van der Waals surface area contributed by atoms with Gasteiger partial charge in [-0.3, -0.25) is 15.0 Å². The van der Waals surface area contributed by atoms with Crippen LogP contribution >= 0.6 is 0 Å². The highest BCUT2D eigenvalue weighted by molar-refractivity contribution is 6.18. The van der Waals surface area contributed by atoms with Crippen LogP contribution in [0, 0.1) is 0 Å². The van der Waals surface area contributed by atoms with Crippen molar-refractivity contribution in [3.63, 3.8) is 0 Å². The molecule has 154 valence electrons. The van der Waals surface area contributed by atoms with Gasteiger partial charge in [-0.1, -0.05) is 42.5 Å². The predicted octanol–water partition coefficient (Wildman–Crippen LogP) is 3.38. The molecule has 7 nitrogen and oxygen atoms in total. The van der Waals surface area contributed by atoms with E-state index < -0.39 is 11.8 Å². The molecule has 3 aromatic carbocycles. The van der Waals surface area contributed by atoms with Crippen LogP contribution in [0.1, 0.15) is 21.5 Å². The van der Waals surface area contributed by atoms with Crippen LogP contribution in [0.4, 0.5) is 0 Å². The van der Waals surface area contributed by atoms with E-state index in [0.29, 0.717) is 28.3 Å². The lowest BCUT2D eigenvalue weighted by Gasteiger charge is -2.28. The first kappa shape index (κ1) is 19.9. The smallest absolute Gasteiger partial charge is 0.288 e. The van der Waals surface area contributed by atoms with Gasteiger partial charge in [0.05, 0.1) is 7.11 Å². The minimum absolute atomic E-state index is 0.125. The Morgan fingerprint density at radius 2 is 1.68 bits per heavy atom. The monoisotopic (exact) mass is 413 g/mol. The Kier molecular flexibility index (Phi) is 5.49. The van der Waals surface area contributed by atoms with E-state index in [1.807, 2.05) is 30.3 Å². The van der Waals surface area contributed by atoms with Crippen LogP contribution in [-0.4, -0.2) is 34.9 Å². The molecule has 1 aliphatic heterocycles. The quantitative estimate of drug-likeness (QED) is 0.642. The number of phenols is 1. The molecule has 0 spiro atoms. The summed E-state index contributed by atoms with van der Waals surface area (Å²) in [5.41, 5.74) is 4.51. The number of rotatable bonds is 4. The second-order valence-corrected chi connectivity index (χ2v) is 6.73. The number of hydrogen-bond donors (Lipinski definition) is 2. The van der Waals surface area contributed by atoms with Crippen LogP contribution in [-0.2, 0) is 4.79 Å². The van der Waals surface area contributed by atoms with Crippen molar-refractivity contribution in [3.05, 3.63) is 101 Å². The maximum atomic E-state index is 13.2. The summed E-state index contributed by atoms with van der Waals surface area (Å²) in [6, 6.07) is 22.1. The van der Waals surface area contributed by atoms with Gasteiger partial charge in [-0.05, 0) is 48.0 Å². The highest BCUT2D eigenvalue weighted by Gasteiger charge is 2.30. The van der Waals surface area contributed by atoms with E-state index in [9.17, 15) is 14.7 Å². The molecule has 2 amide bonds. The molecule has 0 unspecified atom stereocenters. The number of methoxy groups -OCH3 is 1. The zero-order valence-electron chi connectivity index (χ0n) is 16.6. The van der Waals surface area contributed by atoms with Gasteiger partial charge in [0.25, 0.3) is 11.8 Å². The molecule has 0 radical (unpaired) electrons. The van der Waals surface area contributed by atoms with Gasteiger partial charge in [-0.2, -0.15) is 5.01 Å². The first-order chi connectivity index (χ1) is 15.0. The maximum absolute atomic E-state index is 13.2. The first-order valence-electron chi connectivity index (χ1n) is 9.49. The molecule has 0 saturated heterocycles. The van der Waals surface area contributed by atoms with Crippen molar-refractivity contribution in [1.82, 2.24) is 10.4 Å². The third-order valence-corrected chi connectivity index (χ3v) is 4.65. The first-order valence-corrected chi connectivity index (χ1v) is 9.49. The van der Waals surface area contributed by atoms with Crippen molar-refractivity contribution >= 4 is 23.7 Å². The van der Waals surface area contributed by atoms with Gasteiger partial charge in [-0.25, -0.2) is 4.99 Å². The Balaban J connectivity index is 1.75. The molecule has 0 saturated carbocycles. The third-order valence-electron chi connectivity index (χ3n) is 4.65. The van der Waals surface area contributed by atoms with Gasteiger partial charge in [-0.15, -0.1) is 0 Å². The molecule has 0 aliphatic carbocycles. The SMILES string of the molecule is COc1ccc(C(=O)N2NC(=O)/C(=C\c3ccc(O)cc3)N=C2c2ccccc2)cc1. The van der Waals surface area contributed by atoms with Crippen LogP contribution in [0.2, 0.25) is 0 Å². The van der Waals surface area contributed by atoms with Crippen LogP contribution in [0.5, 0.6) is 11.5 Å². The lowest BCUT2D eigenvalue weighted by Crippen LogP contribution is -2.53. The highest BCUT2D eigenvalue weighted by atomic mass is 16.5. The Labute approximate surface area is 178 Å². The second kappa shape index (κ2) is 8.54. The van der Waals surface area contributed by atoms with Crippen LogP contribution in [0.3, 0.4) is 0 Å². The second-order valence-electron chi connectivity index (χ2n) is 6.73. The molecular formula is C24H19N3O4. The summed E-state index contributed by atoms with van der Waals surface area (Å²) in [6.45, 7) is 0. The number of nitrogens with one attached hydrogen (secondary N) is 1. The summed E-state index contributed by atoms with van der Waals surface area (Å²) >= 11 is 0. The number of ether oxygens (including phenoxy) is 1. The average Bonchev–Trinajstić information content (AvgIpc) is 2.81. The summed E-state index contributed by atoms with van der Waals surface area (Å²) in [4.78, 5) is 30.4. The molecule has 0 bridgehead atoms. The molecule has 0 fully saturated rings. The molecular weight excluding hydrogens is 394 g/mol. The van der Waals surface area contributed by atoms with Crippen LogP contribution in [0.15, 0.2) is 89.6 Å². The van der Waals surface area contributed by atoms with Gasteiger partial charge in [0, 0.05) is 11.1 Å². The summed E-state index contributed by atoms with van der Waals surface area (Å²) in [6.07, 6.45) is 1.59. The number of nitrogens with zero attached hydrogens (tertiary/aromatic N) is 2. The van der Waals surface area contributed by atoms with E-state index in [1.54, 1.807) is 49.6 Å². The van der Waals surface area contributed by atoms with Crippen molar-refractivity contribution < 1.29 is 19.4 Å². The Morgan fingerprint density at radius 1 is 1.00 bits per heavy atom. The standard InChI is InChI=1S/C24H19N3O4/c1-31-20-13-9-18(10-14-20)24(30)27-22(17-5-3-2-4-6-17)25-21(23(29)26-27)15-16-7-11-19(28)12-8-16/h2-15,28H,1H3,(H,26,29)/b21-15+. The summed E-state index contributed by atoms with van der Waals surface area (Å²) in [5, 5.41) is 10.6. The van der Waals surface area contributed by atoms with Gasteiger partial charge < -0.3 is 9.84 Å². The van der Waals surface area contributed by atoms with Gasteiger partial charge in [0.1, 0.15) is 17.2 Å². The third kappa shape index (κ3) is 4.30. The van der Waals surface area contributed by atoms with E-state index in [0.717, 1.165) is 5.01 Å². The predicted molar refractivity (Wildman–Crippen MR) is 116 cm³/mol. The largest absolute Gasteiger partial charge is 0.508 e. The number of phenolic OH excluding ortho intramolecular Hbond substituents is 1. The average molecular weight is 413 g/mol. The van der Waals surface area contributed by atoms with E-state index in [2.05, 4.69) is 10.4 Å². The van der Waals surface area contributed by atoms with E-state index in [1.165, 1.54) is 12.1 Å². The molecule has 1 heterocycles. The number of benzene rings is 3. The fourth-order valence-corrected chi connectivity index (χ4v) is 3.04. The molecule has 2 N–H and O–H groups in total. The molecule has 4 rings (SSSR count). The molecule has 0 atom stereocenters. The number of aromatic hydroxyl groups is 1. The van der Waals surface area contributed by atoms with Crippen molar-refractivity contribution in [2.75, 3.05) is 7.11 Å². The van der Waals surface area contributed by atoms with Crippen molar-refractivity contribution in [2.45, 2.75) is 0 Å². The molecule has 31 heavy (non-hydrogen) atoms. The minimum atomic E-state index is -0.519. The zero-order chi connectivity index (χ0) is 21.8. The fourth-order valence-electron chi connectivity index (χ4n) is 3.04. The lowest BCUT2D eigenvalue weighted by molar-refractivity contribution is -0.120. The highest BCUT2D eigenvalue weighted by Crippen LogP contribution is 2.20. The number of aliphatic imine (C=N–C) groups is 1. The number of hydrazine groups is 1. The maximum Gasteiger partial charge on any atom is 0.288 e. The summed E-state index contributed by atoms with van der Waals surface area (Å²) in [5.74, 6) is 0.0956. The van der Waals surface area contributed by atoms with Crippen molar-refractivity contribution in [3.8, 4) is 11.5 Å². The molecule has 0 aromatic heterocycles. The molecule has 1 aliphatic rings. The minimum Gasteiger partial charge on any atom is -0.508 e. The van der Waals surface area contributed by atoms with E-state index in [-0.39, 0.29) is 11.4 Å². The lowest BCUT2D eigenvalue weighted by atomic mass is 10.1. The number of carbonyl (C=O) groups excluding carboxylic acids is 2. The van der Waals surface area contributed by atoms with Crippen LogP contribution in [0.25, 0.3) is 6.08 Å². The molecule has 7 heteroatoms. The topological polar surface area (TPSA) is 91.2 Å². The van der Waals surface area contributed by atoms with Gasteiger partial charge >= 0.3 is 0 Å². The van der Waals surface area contributed by atoms with Crippen LogP contribution < -0.4 is 10.2 Å². The zero-order valence-corrected chi connectivity index (χ0v) is 16.6. The van der Waals surface area contributed by atoms with Gasteiger partial charge in [0.15, 0.2) is 5.84 Å². The fraction of sp³-hybridized carbons (Fsp3) is 0.0417. The van der Waals surface area contributed by atoms with E-state index >= 15 is 0 Å². The number of amides is 2. The van der Waals surface area contributed by atoms with E-state index in [4.69, 9.17) is 4.74 Å². The Bertz CT molecular complexity index is 1170. The van der Waals surface area contributed by atoms with Crippen molar-refractivity contribution in [2.24, 2.45) is 4.99 Å². The van der Waals surface area contributed by atoms with Gasteiger partial charge in [0.2, 0.25) is 0 Å². The van der Waals surface area contributed by atoms with Crippen molar-refractivity contribution in [1.29, 1.82) is 0 Å². The Morgan fingerprint density at radius 3 is 2.32 bits per heavy atom. The summed E-state index contributed by atoms with van der Waals surface area (Å²) < 4.78 is 5.14. The number of carbonyl (C=O) groups is 2. The number of amidine groups is 1. The number of hydrogen-bond acceptors (Lipinski definition) is 5. The normalized spacial score (nSPS) is 14.7. The molecule has 3 aromatic rings. The summed E-state index contributed by atoms with van der Waals surface area (Å²) in [7, 11) is 1.55.